The lowest BCUT2D eigenvalue weighted by Gasteiger charge is -2.10. The number of halogens is 1. The molecule has 8 nitrogen and oxygen atoms in total. The number of pyridine rings is 1. The Balaban J connectivity index is 0.00000220. The summed E-state index contributed by atoms with van der Waals surface area (Å²) in [6.07, 6.45) is 1.37. The molecule has 9 heteroatoms. The van der Waals surface area contributed by atoms with Gasteiger partial charge in [0.15, 0.2) is 11.1 Å². The zero-order valence-electron chi connectivity index (χ0n) is 11.4. The second-order valence-corrected chi connectivity index (χ2v) is 4.59. The van der Waals surface area contributed by atoms with E-state index in [1.54, 1.807) is 4.52 Å². The molecule has 0 fully saturated rings. The van der Waals surface area contributed by atoms with E-state index in [2.05, 4.69) is 15.4 Å². The first-order valence-corrected chi connectivity index (χ1v) is 6.01. The van der Waals surface area contributed by atoms with Gasteiger partial charge in [0.25, 0.3) is 5.91 Å². The number of aromatic nitrogens is 3. The summed E-state index contributed by atoms with van der Waals surface area (Å²) < 4.78 is 1.54. The van der Waals surface area contributed by atoms with Crippen LogP contribution >= 0.6 is 12.4 Å². The number of hydrogen-bond donors (Lipinski definition) is 3. The van der Waals surface area contributed by atoms with Gasteiger partial charge >= 0.3 is 5.97 Å². The summed E-state index contributed by atoms with van der Waals surface area (Å²) in [5.74, 6) is -1.88. The van der Waals surface area contributed by atoms with Crippen LogP contribution in [0.4, 0.5) is 0 Å². The van der Waals surface area contributed by atoms with Gasteiger partial charge in [-0.25, -0.2) is 9.50 Å². The van der Waals surface area contributed by atoms with Crippen molar-refractivity contribution in [2.24, 2.45) is 0 Å². The number of carboxylic acid groups (broad SMARTS) is 1. The fraction of sp³-hybridized carbons (Fsp3) is 0.333. The van der Waals surface area contributed by atoms with Crippen LogP contribution in [0.1, 0.15) is 35.8 Å². The van der Waals surface area contributed by atoms with Crippen LogP contribution in [0.25, 0.3) is 5.65 Å². The first-order chi connectivity index (χ1) is 9.41. The van der Waals surface area contributed by atoms with Gasteiger partial charge in [-0.1, -0.05) is 13.8 Å². The predicted molar refractivity (Wildman–Crippen MR) is 77.1 cm³/mol. The Labute approximate surface area is 125 Å². The molecule has 0 spiro atoms. The van der Waals surface area contributed by atoms with E-state index < -0.39 is 23.9 Å². The lowest BCUT2D eigenvalue weighted by Crippen LogP contribution is -2.33. The Kier molecular flexibility index (Phi) is 5.09. The topological polar surface area (TPSA) is 117 Å². The number of H-pyrrole nitrogens is 1. The monoisotopic (exact) mass is 314 g/mol. The van der Waals surface area contributed by atoms with Crippen molar-refractivity contribution in [1.82, 2.24) is 19.9 Å². The molecule has 0 radical (unpaired) electrons. The van der Waals surface area contributed by atoms with Crippen molar-refractivity contribution in [3.63, 3.8) is 0 Å². The van der Waals surface area contributed by atoms with Crippen molar-refractivity contribution in [3.05, 3.63) is 33.9 Å². The quantitative estimate of drug-likeness (QED) is 0.754. The summed E-state index contributed by atoms with van der Waals surface area (Å²) in [7, 11) is 0. The molecule has 2 aromatic heterocycles. The molecule has 0 atom stereocenters. The molecule has 0 saturated carbocycles. The van der Waals surface area contributed by atoms with Crippen molar-refractivity contribution >= 4 is 29.9 Å². The summed E-state index contributed by atoms with van der Waals surface area (Å²) in [6.45, 7) is 3.26. The number of carbonyl (C=O) groups is 2. The summed E-state index contributed by atoms with van der Waals surface area (Å²) in [4.78, 5) is 38.4. The summed E-state index contributed by atoms with van der Waals surface area (Å²) in [5.41, 5.74) is 0.224. The number of carbonyl (C=O) groups excluding carboxylic acids is 1. The molecule has 0 bridgehead atoms. The van der Waals surface area contributed by atoms with E-state index in [9.17, 15) is 14.4 Å². The average molecular weight is 315 g/mol. The zero-order chi connectivity index (χ0) is 14.9. The third kappa shape index (κ3) is 3.22. The molecule has 0 saturated heterocycles. The fourth-order valence-corrected chi connectivity index (χ4v) is 1.90. The minimum absolute atomic E-state index is 0. The van der Waals surface area contributed by atoms with Gasteiger partial charge in [0, 0.05) is 11.8 Å². The second-order valence-electron chi connectivity index (χ2n) is 4.59. The highest BCUT2D eigenvalue weighted by Gasteiger charge is 2.20. The Bertz CT molecular complexity index is 734. The van der Waals surface area contributed by atoms with Gasteiger partial charge < -0.3 is 10.4 Å². The van der Waals surface area contributed by atoms with E-state index in [0.717, 1.165) is 0 Å². The van der Waals surface area contributed by atoms with Gasteiger partial charge in [0.05, 0.1) is 0 Å². The van der Waals surface area contributed by atoms with Crippen molar-refractivity contribution in [1.29, 1.82) is 0 Å². The van der Waals surface area contributed by atoms with Gasteiger partial charge in [-0.15, -0.1) is 12.4 Å². The number of nitrogens with zero attached hydrogens (tertiary/aromatic N) is 2. The fourth-order valence-electron chi connectivity index (χ4n) is 1.90. The normalized spacial score (nSPS) is 10.4. The summed E-state index contributed by atoms with van der Waals surface area (Å²) in [5, 5.41) is 13.5. The Morgan fingerprint density at radius 1 is 1.48 bits per heavy atom. The molecule has 2 heterocycles. The molecule has 1 amide bonds. The molecule has 3 N–H and O–H groups in total. The molecule has 0 aromatic carbocycles. The second kappa shape index (κ2) is 6.40. The van der Waals surface area contributed by atoms with E-state index in [0.29, 0.717) is 5.69 Å². The molecular formula is C12H15ClN4O4. The molecule has 21 heavy (non-hydrogen) atoms. The maximum absolute atomic E-state index is 12.1. The smallest absolute Gasteiger partial charge is 0.322 e. The SMILES string of the molecule is CC(C)c1cc(=O)c(C(=O)NCC(=O)O)c2nc[nH]n12.Cl. The van der Waals surface area contributed by atoms with E-state index in [1.165, 1.54) is 12.4 Å². The van der Waals surface area contributed by atoms with Crippen LogP contribution in [0.2, 0.25) is 0 Å². The van der Waals surface area contributed by atoms with Crippen LogP contribution in [0.3, 0.4) is 0 Å². The van der Waals surface area contributed by atoms with E-state index in [1.807, 2.05) is 13.8 Å². The highest BCUT2D eigenvalue weighted by molar-refractivity contribution is 6.00. The lowest BCUT2D eigenvalue weighted by molar-refractivity contribution is -0.135. The number of aliphatic carboxylic acids is 1. The minimum Gasteiger partial charge on any atom is -0.480 e. The van der Waals surface area contributed by atoms with Crippen LogP contribution in [-0.4, -0.2) is 38.1 Å². The molecule has 114 valence electrons. The van der Waals surface area contributed by atoms with Gasteiger partial charge in [-0.2, -0.15) is 0 Å². The standard InChI is InChI=1S/C12H14N4O4.ClH/c1-6(2)7-3-8(17)10(11-14-5-15-16(7)11)12(20)13-4-9(18)19;/h3,5-6H,4H2,1-2H3,(H,13,20)(H,14,15)(H,18,19);1H. The Morgan fingerprint density at radius 3 is 2.71 bits per heavy atom. The predicted octanol–water partition coefficient (Wildman–Crippen LogP) is 0.382. The largest absolute Gasteiger partial charge is 0.480 e. The van der Waals surface area contributed by atoms with E-state index in [4.69, 9.17) is 5.11 Å². The van der Waals surface area contributed by atoms with Crippen LogP contribution < -0.4 is 10.7 Å². The van der Waals surface area contributed by atoms with Crippen molar-refractivity contribution in [2.75, 3.05) is 6.54 Å². The maximum atomic E-state index is 12.1. The van der Waals surface area contributed by atoms with E-state index >= 15 is 0 Å². The first kappa shape index (κ1) is 16.7. The van der Waals surface area contributed by atoms with Gasteiger partial charge in [-0.3, -0.25) is 19.5 Å². The molecule has 0 unspecified atom stereocenters. The molecule has 2 aromatic rings. The molecule has 0 aliphatic carbocycles. The number of fused-ring (bicyclic) bond motifs is 1. The number of nitrogens with one attached hydrogen (secondary N) is 2. The number of aromatic amines is 1. The summed E-state index contributed by atoms with van der Waals surface area (Å²) in [6, 6.07) is 1.35. The van der Waals surface area contributed by atoms with Crippen molar-refractivity contribution in [3.8, 4) is 0 Å². The summed E-state index contributed by atoms with van der Waals surface area (Å²) >= 11 is 0. The van der Waals surface area contributed by atoms with Crippen molar-refractivity contribution < 1.29 is 14.7 Å². The van der Waals surface area contributed by atoms with Gasteiger partial charge in [0.1, 0.15) is 18.4 Å². The first-order valence-electron chi connectivity index (χ1n) is 6.01. The zero-order valence-corrected chi connectivity index (χ0v) is 12.2. The molecule has 2 rings (SSSR count). The van der Waals surface area contributed by atoms with Crippen LogP contribution in [-0.2, 0) is 4.79 Å². The maximum Gasteiger partial charge on any atom is 0.322 e. The van der Waals surface area contributed by atoms with Crippen LogP contribution in [0.5, 0.6) is 0 Å². The highest BCUT2D eigenvalue weighted by Crippen LogP contribution is 2.14. The average Bonchev–Trinajstić information content (AvgIpc) is 2.83. The number of rotatable bonds is 4. The van der Waals surface area contributed by atoms with Crippen molar-refractivity contribution in [2.45, 2.75) is 19.8 Å². The lowest BCUT2D eigenvalue weighted by atomic mass is 10.1. The number of amides is 1. The van der Waals surface area contributed by atoms with Crippen LogP contribution in [0.15, 0.2) is 17.2 Å². The molecule has 0 aliphatic rings. The molecular weight excluding hydrogens is 300 g/mol. The number of hydrogen-bond acceptors (Lipinski definition) is 4. The highest BCUT2D eigenvalue weighted by atomic mass is 35.5. The Hall–Kier alpha value is -2.35. The Morgan fingerprint density at radius 2 is 2.14 bits per heavy atom. The third-order valence-corrected chi connectivity index (χ3v) is 2.81. The third-order valence-electron chi connectivity index (χ3n) is 2.81. The molecule has 0 aliphatic heterocycles. The van der Waals surface area contributed by atoms with E-state index in [-0.39, 0.29) is 29.5 Å². The van der Waals surface area contributed by atoms with Gasteiger partial charge in [-0.05, 0) is 5.92 Å². The van der Waals surface area contributed by atoms with Gasteiger partial charge in [0.2, 0.25) is 0 Å². The minimum atomic E-state index is -1.18. The van der Waals surface area contributed by atoms with Crippen LogP contribution in [0, 0.1) is 0 Å². The number of carboxylic acids is 1.